The number of fused-ring (bicyclic) bond motifs is 1. The van der Waals surface area contributed by atoms with Crippen LogP contribution in [0, 0.1) is 5.92 Å². The van der Waals surface area contributed by atoms with Crippen molar-refractivity contribution in [1.29, 1.82) is 0 Å². The molecular weight excluding hydrogens is 292 g/mol. The van der Waals surface area contributed by atoms with Crippen LogP contribution in [0.1, 0.15) is 26.7 Å². The predicted octanol–water partition coefficient (Wildman–Crippen LogP) is 2.06. The number of hydrogen-bond acceptors (Lipinski definition) is 4. The van der Waals surface area contributed by atoms with Gasteiger partial charge in [0, 0.05) is 6.54 Å². The number of nitrogens with zero attached hydrogens (tertiary/aromatic N) is 1. The van der Waals surface area contributed by atoms with Crippen molar-refractivity contribution in [1.82, 2.24) is 10.2 Å². The summed E-state index contributed by atoms with van der Waals surface area (Å²) in [5.41, 5.74) is 0. The van der Waals surface area contributed by atoms with Crippen molar-refractivity contribution in [3.05, 3.63) is 24.3 Å². The summed E-state index contributed by atoms with van der Waals surface area (Å²) in [5, 5.41) is 3.05. The molecule has 2 aliphatic heterocycles. The highest BCUT2D eigenvalue weighted by atomic mass is 16.6. The Morgan fingerprint density at radius 2 is 1.87 bits per heavy atom. The van der Waals surface area contributed by atoms with Crippen LogP contribution in [0.15, 0.2) is 24.3 Å². The monoisotopic (exact) mass is 318 g/mol. The lowest BCUT2D eigenvalue weighted by molar-refractivity contribution is -0.133. The van der Waals surface area contributed by atoms with E-state index in [-0.39, 0.29) is 12.0 Å². The summed E-state index contributed by atoms with van der Waals surface area (Å²) in [6.07, 6.45) is 1.43. The van der Waals surface area contributed by atoms with E-state index in [4.69, 9.17) is 9.47 Å². The third-order valence-electron chi connectivity index (χ3n) is 4.82. The molecule has 0 unspecified atom stereocenters. The van der Waals surface area contributed by atoms with E-state index < -0.39 is 6.10 Å². The average Bonchev–Trinajstić information content (AvgIpc) is 2.59. The van der Waals surface area contributed by atoms with E-state index in [1.54, 1.807) is 0 Å². The van der Waals surface area contributed by atoms with Gasteiger partial charge >= 0.3 is 0 Å². The first-order valence-electron chi connectivity index (χ1n) is 8.59. The molecular formula is C18H26N2O3. The molecule has 0 spiro atoms. The van der Waals surface area contributed by atoms with Crippen LogP contribution in [0.4, 0.5) is 0 Å². The van der Waals surface area contributed by atoms with Gasteiger partial charge in [0.2, 0.25) is 6.10 Å². The first kappa shape index (κ1) is 16.1. The van der Waals surface area contributed by atoms with E-state index in [2.05, 4.69) is 17.1 Å². The molecule has 0 radical (unpaired) electrons. The second kappa shape index (κ2) is 7.21. The Morgan fingerprint density at radius 1 is 1.22 bits per heavy atom. The largest absolute Gasteiger partial charge is 0.482 e. The standard InChI is InChI=1S/C18H26N2O3/c1-3-20-10-8-14(9-11-20)12-19-18(21)17-13(2)22-15-6-4-5-7-16(15)23-17/h4-7,13-14,17H,3,8-12H2,1-2H3,(H,19,21)/t13-,17-/m1/s1. The Kier molecular flexibility index (Phi) is 5.06. The second-order valence-corrected chi connectivity index (χ2v) is 6.43. The van der Waals surface area contributed by atoms with Crippen molar-refractivity contribution in [3.63, 3.8) is 0 Å². The van der Waals surface area contributed by atoms with E-state index >= 15 is 0 Å². The fourth-order valence-electron chi connectivity index (χ4n) is 3.26. The summed E-state index contributed by atoms with van der Waals surface area (Å²) >= 11 is 0. The molecule has 1 N–H and O–H groups in total. The number of hydrogen-bond donors (Lipinski definition) is 1. The SMILES string of the molecule is CCN1CCC(CNC(=O)[C@@H]2Oc3ccccc3O[C@@H]2C)CC1. The van der Waals surface area contributed by atoms with E-state index in [0.717, 1.165) is 39.0 Å². The number of benzene rings is 1. The maximum atomic E-state index is 12.5. The van der Waals surface area contributed by atoms with Gasteiger partial charge in [-0.2, -0.15) is 0 Å². The number of ether oxygens (including phenoxy) is 2. The molecule has 126 valence electrons. The van der Waals surface area contributed by atoms with Gasteiger partial charge in [0.05, 0.1) is 0 Å². The summed E-state index contributed by atoms with van der Waals surface area (Å²) in [5.74, 6) is 1.83. The van der Waals surface area contributed by atoms with E-state index in [1.165, 1.54) is 0 Å². The zero-order chi connectivity index (χ0) is 16.2. The minimum atomic E-state index is -0.583. The van der Waals surface area contributed by atoms with Gasteiger partial charge in [0.1, 0.15) is 6.10 Å². The van der Waals surface area contributed by atoms with Crippen LogP contribution in [0.25, 0.3) is 0 Å². The van der Waals surface area contributed by atoms with Crippen LogP contribution in [0.2, 0.25) is 0 Å². The van der Waals surface area contributed by atoms with Crippen molar-refractivity contribution in [3.8, 4) is 11.5 Å². The summed E-state index contributed by atoms with van der Waals surface area (Å²) in [6.45, 7) is 8.17. The number of para-hydroxylation sites is 2. The number of amides is 1. The zero-order valence-electron chi connectivity index (χ0n) is 14.0. The minimum absolute atomic E-state index is 0.0788. The van der Waals surface area contributed by atoms with E-state index in [9.17, 15) is 4.79 Å². The van der Waals surface area contributed by atoms with E-state index in [1.807, 2.05) is 31.2 Å². The van der Waals surface area contributed by atoms with Gasteiger partial charge in [-0.25, -0.2) is 0 Å². The second-order valence-electron chi connectivity index (χ2n) is 6.43. The molecule has 0 aliphatic carbocycles. The predicted molar refractivity (Wildman–Crippen MR) is 88.8 cm³/mol. The van der Waals surface area contributed by atoms with Gasteiger partial charge in [-0.3, -0.25) is 4.79 Å². The smallest absolute Gasteiger partial charge is 0.265 e. The summed E-state index contributed by atoms with van der Waals surface area (Å²) < 4.78 is 11.6. The molecule has 1 aromatic rings. The van der Waals surface area contributed by atoms with Gasteiger partial charge in [-0.1, -0.05) is 19.1 Å². The summed E-state index contributed by atoms with van der Waals surface area (Å²) in [6, 6.07) is 7.48. The van der Waals surface area contributed by atoms with Crippen molar-refractivity contribution < 1.29 is 14.3 Å². The molecule has 3 rings (SSSR count). The fourth-order valence-corrected chi connectivity index (χ4v) is 3.26. The Labute approximate surface area is 137 Å². The number of carbonyl (C=O) groups excluding carboxylic acids is 1. The van der Waals surface area contributed by atoms with Crippen LogP contribution >= 0.6 is 0 Å². The molecule has 5 nitrogen and oxygen atoms in total. The van der Waals surface area contributed by atoms with Crippen LogP contribution in [-0.2, 0) is 4.79 Å². The molecule has 1 saturated heterocycles. The van der Waals surface area contributed by atoms with Crippen LogP contribution < -0.4 is 14.8 Å². The van der Waals surface area contributed by atoms with Crippen molar-refractivity contribution in [2.45, 2.75) is 38.9 Å². The van der Waals surface area contributed by atoms with Gasteiger partial charge < -0.3 is 19.7 Å². The number of rotatable bonds is 4. The minimum Gasteiger partial charge on any atom is -0.482 e. The first-order chi connectivity index (χ1) is 11.2. The van der Waals surface area contributed by atoms with Gasteiger partial charge in [-0.15, -0.1) is 0 Å². The van der Waals surface area contributed by atoms with Gasteiger partial charge in [0.25, 0.3) is 5.91 Å². The van der Waals surface area contributed by atoms with Gasteiger partial charge in [0.15, 0.2) is 11.5 Å². The fraction of sp³-hybridized carbons (Fsp3) is 0.611. The summed E-state index contributed by atoms with van der Waals surface area (Å²) in [4.78, 5) is 14.9. The molecule has 2 atom stereocenters. The molecule has 2 heterocycles. The molecule has 1 aromatic carbocycles. The molecule has 2 aliphatic rings. The zero-order valence-corrected chi connectivity index (χ0v) is 14.0. The number of piperidine rings is 1. The number of nitrogens with one attached hydrogen (secondary N) is 1. The lowest BCUT2D eigenvalue weighted by Crippen LogP contribution is -2.50. The topological polar surface area (TPSA) is 50.8 Å². The van der Waals surface area contributed by atoms with E-state index in [0.29, 0.717) is 17.4 Å². The highest BCUT2D eigenvalue weighted by Crippen LogP contribution is 2.33. The number of likely N-dealkylation sites (tertiary alicyclic amines) is 1. The first-order valence-corrected chi connectivity index (χ1v) is 8.59. The lowest BCUT2D eigenvalue weighted by Gasteiger charge is -2.33. The third kappa shape index (κ3) is 3.78. The molecule has 1 amide bonds. The Hall–Kier alpha value is -1.75. The van der Waals surface area contributed by atoms with Crippen molar-refractivity contribution >= 4 is 5.91 Å². The van der Waals surface area contributed by atoms with Crippen LogP contribution in [0.5, 0.6) is 11.5 Å². The average molecular weight is 318 g/mol. The Morgan fingerprint density at radius 3 is 2.52 bits per heavy atom. The van der Waals surface area contributed by atoms with Gasteiger partial charge in [-0.05, 0) is 57.5 Å². The maximum absolute atomic E-state index is 12.5. The highest BCUT2D eigenvalue weighted by Gasteiger charge is 2.34. The normalized spacial score (nSPS) is 25.1. The van der Waals surface area contributed by atoms with Crippen molar-refractivity contribution in [2.75, 3.05) is 26.2 Å². The Bertz CT molecular complexity index is 541. The lowest BCUT2D eigenvalue weighted by atomic mass is 9.96. The third-order valence-corrected chi connectivity index (χ3v) is 4.82. The quantitative estimate of drug-likeness (QED) is 0.923. The number of carbonyl (C=O) groups is 1. The molecule has 0 saturated carbocycles. The molecule has 23 heavy (non-hydrogen) atoms. The molecule has 1 fully saturated rings. The highest BCUT2D eigenvalue weighted by molar-refractivity contribution is 5.82. The summed E-state index contributed by atoms with van der Waals surface area (Å²) in [7, 11) is 0. The Balaban J connectivity index is 1.51. The van der Waals surface area contributed by atoms with Crippen molar-refractivity contribution in [2.24, 2.45) is 5.92 Å². The molecule has 0 aromatic heterocycles. The molecule has 5 heteroatoms. The van der Waals surface area contributed by atoms with Crippen LogP contribution in [-0.4, -0.2) is 49.2 Å². The molecule has 0 bridgehead atoms. The maximum Gasteiger partial charge on any atom is 0.265 e. The van der Waals surface area contributed by atoms with Crippen LogP contribution in [0.3, 0.4) is 0 Å².